The average Bonchev–Trinajstić information content (AvgIpc) is 2.68. The summed E-state index contributed by atoms with van der Waals surface area (Å²) < 4.78 is 5.65. The highest BCUT2D eigenvalue weighted by atomic mass is 16.3. The fourth-order valence-electron chi connectivity index (χ4n) is 1.42. The molecule has 0 saturated heterocycles. The molecule has 0 spiro atoms. The fraction of sp³-hybridized carbons (Fsp3) is 0.231. The van der Waals surface area contributed by atoms with E-state index in [0.29, 0.717) is 6.04 Å². The first kappa shape index (κ1) is 9.99. The van der Waals surface area contributed by atoms with Crippen molar-refractivity contribution in [1.82, 2.24) is 5.32 Å². The Morgan fingerprint density at radius 1 is 1.33 bits per heavy atom. The van der Waals surface area contributed by atoms with Crippen LogP contribution < -0.4 is 5.32 Å². The summed E-state index contributed by atoms with van der Waals surface area (Å²) in [6, 6.07) is 10.4. The first-order valence-corrected chi connectivity index (χ1v) is 5.13. The molecule has 0 fully saturated rings. The van der Waals surface area contributed by atoms with Crippen molar-refractivity contribution < 1.29 is 4.42 Å². The van der Waals surface area contributed by atoms with E-state index in [2.05, 4.69) is 24.4 Å². The van der Waals surface area contributed by atoms with Gasteiger partial charge in [0.15, 0.2) is 0 Å². The number of fused-ring (bicyclic) bond motifs is 1. The lowest BCUT2D eigenvalue weighted by Crippen LogP contribution is -2.17. The summed E-state index contributed by atoms with van der Waals surface area (Å²) in [5.74, 6) is 0.901. The summed E-state index contributed by atoms with van der Waals surface area (Å²) in [7, 11) is 1.94. The molecule has 0 aliphatic rings. The summed E-state index contributed by atoms with van der Waals surface area (Å²) in [6.07, 6.45) is 4.08. The molecule has 0 amide bonds. The Balaban J connectivity index is 2.26. The van der Waals surface area contributed by atoms with Crippen LogP contribution in [-0.4, -0.2) is 13.1 Å². The number of hydrogen-bond acceptors (Lipinski definition) is 2. The predicted octanol–water partition coefficient (Wildman–Crippen LogP) is 3.05. The maximum Gasteiger partial charge on any atom is 0.134 e. The van der Waals surface area contributed by atoms with Crippen LogP contribution in [0.3, 0.4) is 0 Å². The summed E-state index contributed by atoms with van der Waals surface area (Å²) in [5, 5.41) is 4.29. The van der Waals surface area contributed by atoms with Crippen molar-refractivity contribution in [3.05, 3.63) is 42.2 Å². The minimum atomic E-state index is 0.359. The number of nitrogens with one attached hydrogen (secondary N) is 1. The molecule has 2 nitrogen and oxygen atoms in total. The van der Waals surface area contributed by atoms with Crippen LogP contribution in [0.15, 0.2) is 40.8 Å². The molecule has 2 aromatic rings. The van der Waals surface area contributed by atoms with E-state index in [-0.39, 0.29) is 0 Å². The molecule has 1 aromatic carbocycles. The van der Waals surface area contributed by atoms with E-state index in [4.69, 9.17) is 4.42 Å². The molecule has 0 bridgehead atoms. The third kappa shape index (κ3) is 2.28. The van der Waals surface area contributed by atoms with Gasteiger partial charge in [0.2, 0.25) is 0 Å². The predicted molar refractivity (Wildman–Crippen MR) is 63.8 cm³/mol. The second kappa shape index (κ2) is 4.32. The molecule has 2 rings (SSSR count). The zero-order valence-electron chi connectivity index (χ0n) is 9.03. The van der Waals surface area contributed by atoms with E-state index in [9.17, 15) is 0 Å². The Hall–Kier alpha value is -1.54. The summed E-state index contributed by atoms with van der Waals surface area (Å²) >= 11 is 0. The Morgan fingerprint density at radius 2 is 2.13 bits per heavy atom. The molecule has 0 aliphatic heterocycles. The van der Waals surface area contributed by atoms with Crippen molar-refractivity contribution >= 4 is 17.0 Å². The van der Waals surface area contributed by atoms with E-state index >= 15 is 0 Å². The third-order valence-electron chi connectivity index (χ3n) is 2.45. The summed E-state index contributed by atoms with van der Waals surface area (Å²) in [4.78, 5) is 0. The third-order valence-corrected chi connectivity index (χ3v) is 2.45. The van der Waals surface area contributed by atoms with Gasteiger partial charge in [0, 0.05) is 11.4 Å². The number of para-hydroxylation sites is 1. The topological polar surface area (TPSA) is 25.2 Å². The van der Waals surface area contributed by atoms with Crippen LogP contribution in [0.25, 0.3) is 17.0 Å². The highest BCUT2D eigenvalue weighted by Gasteiger charge is 1.99. The zero-order chi connectivity index (χ0) is 10.7. The van der Waals surface area contributed by atoms with Crippen LogP contribution in [0.5, 0.6) is 0 Å². The molecule has 0 saturated carbocycles. The molecule has 1 atom stereocenters. The number of furan rings is 1. The largest absolute Gasteiger partial charge is 0.457 e. The van der Waals surface area contributed by atoms with Crippen LogP contribution in [0.4, 0.5) is 0 Å². The molecule has 1 N–H and O–H groups in total. The molecular weight excluding hydrogens is 186 g/mol. The lowest BCUT2D eigenvalue weighted by molar-refractivity contribution is 0.603. The normalized spacial score (nSPS) is 13.7. The van der Waals surface area contributed by atoms with Crippen LogP contribution in [0.1, 0.15) is 12.7 Å². The van der Waals surface area contributed by atoms with Gasteiger partial charge in [-0.3, -0.25) is 0 Å². The molecule has 1 heterocycles. The van der Waals surface area contributed by atoms with Crippen LogP contribution in [0.2, 0.25) is 0 Å². The number of hydrogen-bond donors (Lipinski definition) is 1. The molecule has 15 heavy (non-hydrogen) atoms. The molecule has 78 valence electrons. The Bertz CT molecular complexity index is 437. The number of likely N-dealkylation sites (N-methyl/N-ethyl adjacent to an activating group) is 1. The van der Waals surface area contributed by atoms with Gasteiger partial charge in [0.1, 0.15) is 11.3 Å². The van der Waals surface area contributed by atoms with Gasteiger partial charge in [-0.15, -0.1) is 0 Å². The molecular formula is C13H15NO. The van der Waals surface area contributed by atoms with Crippen molar-refractivity contribution in [2.75, 3.05) is 7.05 Å². The van der Waals surface area contributed by atoms with Gasteiger partial charge in [-0.2, -0.15) is 0 Å². The van der Waals surface area contributed by atoms with Crippen molar-refractivity contribution in [3.63, 3.8) is 0 Å². The highest BCUT2D eigenvalue weighted by molar-refractivity contribution is 5.79. The van der Waals surface area contributed by atoms with E-state index in [1.807, 2.05) is 37.4 Å². The number of benzene rings is 1. The standard InChI is InChI=1S/C13H15NO/c1-10(14-2)7-8-12-9-11-5-3-4-6-13(11)15-12/h3-10,14H,1-2H3/b8-7+. The van der Waals surface area contributed by atoms with Crippen LogP contribution >= 0.6 is 0 Å². The first-order chi connectivity index (χ1) is 7.29. The SMILES string of the molecule is CNC(C)/C=C/c1cc2ccccc2o1. The minimum absolute atomic E-state index is 0.359. The van der Waals surface area contributed by atoms with E-state index in [1.54, 1.807) is 0 Å². The lowest BCUT2D eigenvalue weighted by Gasteiger charge is -2.00. The van der Waals surface area contributed by atoms with Crippen LogP contribution in [0, 0.1) is 0 Å². The molecule has 0 aliphatic carbocycles. The van der Waals surface area contributed by atoms with E-state index < -0.39 is 0 Å². The van der Waals surface area contributed by atoms with Gasteiger partial charge in [0.25, 0.3) is 0 Å². The van der Waals surface area contributed by atoms with E-state index in [1.165, 1.54) is 0 Å². The molecule has 0 radical (unpaired) electrons. The van der Waals surface area contributed by atoms with Crippen molar-refractivity contribution in [2.24, 2.45) is 0 Å². The summed E-state index contributed by atoms with van der Waals surface area (Å²) in [5.41, 5.74) is 0.939. The van der Waals surface area contributed by atoms with Crippen molar-refractivity contribution in [1.29, 1.82) is 0 Å². The second-order valence-corrected chi connectivity index (χ2v) is 3.62. The van der Waals surface area contributed by atoms with Gasteiger partial charge in [-0.25, -0.2) is 0 Å². The van der Waals surface area contributed by atoms with Crippen LogP contribution in [-0.2, 0) is 0 Å². The van der Waals surface area contributed by atoms with Gasteiger partial charge in [-0.05, 0) is 32.2 Å². The molecule has 1 aromatic heterocycles. The molecule has 2 heteroatoms. The van der Waals surface area contributed by atoms with E-state index in [0.717, 1.165) is 16.7 Å². The average molecular weight is 201 g/mol. The van der Waals surface area contributed by atoms with Gasteiger partial charge in [-0.1, -0.05) is 24.3 Å². The zero-order valence-corrected chi connectivity index (χ0v) is 9.03. The van der Waals surface area contributed by atoms with Crippen molar-refractivity contribution in [2.45, 2.75) is 13.0 Å². The monoisotopic (exact) mass is 201 g/mol. The highest BCUT2D eigenvalue weighted by Crippen LogP contribution is 2.19. The molecule has 1 unspecified atom stereocenters. The van der Waals surface area contributed by atoms with Gasteiger partial charge >= 0.3 is 0 Å². The Labute approximate surface area is 89.6 Å². The first-order valence-electron chi connectivity index (χ1n) is 5.13. The van der Waals surface area contributed by atoms with Gasteiger partial charge in [0.05, 0.1) is 0 Å². The Kier molecular flexibility index (Phi) is 2.88. The second-order valence-electron chi connectivity index (χ2n) is 3.62. The Morgan fingerprint density at radius 3 is 2.87 bits per heavy atom. The van der Waals surface area contributed by atoms with Crippen molar-refractivity contribution in [3.8, 4) is 0 Å². The fourth-order valence-corrected chi connectivity index (χ4v) is 1.42. The summed E-state index contributed by atoms with van der Waals surface area (Å²) in [6.45, 7) is 2.10. The number of rotatable bonds is 3. The quantitative estimate of drug-likeness (QED) is 0.825. The maximum atomic E-state index is 5.65. The minimum Gasteiger partial charge on any atom is -0.457 e. The van der Waals surface area contributed by atoms with Gasteiger partial charge < -0.3 is 9.73 Å². The smallest absolute Gasteiger partial charge is 0.134 e. The lowest BCUT2D eigenvalue weighted by atomic mass is 10.2. The maximum absolute atomic E-state index is 5.65.